The van der Waals surface area contributed by atoms with Crippen LogP contribution in [0.25, 0.3) is 11.1 Å². The van der Waals surface area contributed by atoms with Crippen molar-refractivity contribution in [3.8, 4) is 0 Å². The number of hydrogen-bond acceptors (Lipinski definition) is 4. The fourth-order valence-corrected chi connectivity index (χ4v) is 1.57. The minimum Gasteiger partial charge on any atom is -0.443 e. The number of nitrogens with zero attached hydrogens (tertiary/aromatic N) is 1. The SMILES string of the molecule is CC(=O)NC(CO)c1ccc2ncoc2c1. The summed E-state index contributed by atoms with van der Waals surface area (Å²) in [5.41, 5.74) is 2.19. The highest BCUT2D eigenvalue weighted by Crippen LogP contribution is 2.19. The van der Waals surface area contributed by atoms with Crippen LogP contribution < -0.4 is 5.32 Å². The number of nitrogens with one attached hydrogen (secondary N) is 1. The Hall–Kier alpha value is -1.88. The van der Waals surface area contributed by atoms with Crippen LogP contribution in [-0.2, 0) is 4.79 Å². The van der Waals surface area contributed by atoms with Gasteiger partial charge in [0.25, 0.3) is 0 Å². The number of amides is 1. The largest absolute Gasteiger partial charge is 0.443 e. The summed E-state index contributed by atoms with van der Waals surface area (Å²) in [7, 11) is 0. The van der Waals surface area contributed by atoms with Crippen molar-refractivity contribution in [2.24, 2.45) is 0 Å². The maximum atomic E-state index is 10.9. The summed E-state index contributed by atoms with van der Waals surface area (Å²) >= 11 is 0. The van der Waals surface area contributed by atoms with Gasteiger partial charge in [0, 0.05) is 6.92 Å². The van der Waals surface area contributed by atoms with Gasteiger partial charge in [0.15, 0.2) is 12.0 Å². The van der Waals surface area contributed by atoms with Crippen molar-refractivity contribution in [2.45, 2.75) is 13.0 Å². The van der Waals surface area contributed by atoms with Crippen LogP contribution in [0, 0.1) is 0 Å². The molecule has 2 aromatic rings. The number of aliphatic hydroxyl groups is 1. The Balaban J connectivity index is 2.32. The molecule has 2 N–H and O–H groups in total. The molecule has 0 aliphatic rings. The van der Waals surface area contributed by atoms with Crippen molar-refractivity contribution >= 4 is 17.0 Å². The molecular formula is C11H12N2O3. The first kappa shape index (κ1) is 10.6. The molecule has 1 amide bonds. The Labute approximate surface area is 92.1 Å². The summed E-state index contributed by atoms with van der Waals surface area (Å²) in [6.45, 7) is 1.26. The molecule has 84 valence electrons. The smallest absolute Gasteiger partial charge is 0.217 e. The summed E-state index contributed by atoms with van der Waals surface area (Å²) in [4.78, 5) is 14.9. The number of oxazole rings is 1. The van der Waals surface area contributed by atoms with E-state index in [0.717, 1.165) is 11.1 Å². The van der Waals surface area contributed by atoms with E-state index in [1.165, 1.54) is 13.3 Å². The lowest BCUT2D eigenvalue weighted by Crippen LogP contribution is -2.28. The van der Waals surface area contributed by atoms with Gasteiger partial charge in [0.1, 0.15) is 5.52 Å². The molecule has 0 saturated heterocycles. The number of rotatable bonds is 3. The van der Waals surface area contributed by atoms with E-state index in [1.54, 1.807) is 12.1 Å². The molecule has 0 radical (unpaired) electrons. The molecule has 5 nitrogen and oxygen atoms in total. The van der Waals surface area contributed by atoms with Gasteiger partial charge in [-0.2, -0.15) is 0 Å². The summed E-state index contributed by atoms with van der Waals surface area (Å²) in [5, 5.41) is 11.8. The zero-order valence-electron chi connectivity index (χ0n) is 8.80. The van der Waals surface area contributed by atoms with Crippen LogP contribution in [0.15, 0.2) is 29.0 Å². The molecular weight excluding hydrogens is 208 g/mol. The van der Waals surface area contributed by atoms with E-state index in [4.69, 9.17) is 4.42 Å². The van der Waals surface area contributed by atoms with Crippen LogP contribution in [0.3, 0.4) is 0 Å². The monoisotopic (exact) mass is 220 g/mol. The minimum absolute atomic E-state index is 0.154. The fourth-order valence-electron chi connectivity index (χ4n) is 1.57. The second-order valence-corrected chi connectivity index (χ2v) is 3.52. The summed E-state index contributed by atoms with van der Waals surface area (Å²) in [6, 6.07) is 4.95. The normalized spacial score (nSPS) is 12.6. The van der Waals surface area contributed by atoms with E-state index in [9.17, 15) is 9.90 Å². The molecule has 0 saturated carbocycles. The third kappa shape index (κ3) is 2.04. The lowest BCUT2D eigenvalue weighted by Gasteiger charge is -2.15. The average molecular weight is 220 g/mol. The van der Waals surface area contributed by atoms with Crippen LogP contribution in [0.4, 0.5) is 0 Å². The van der Waals surface area contributed by atoms with Crippen molar-refractivity contribution in [3.63, 3.8) is 0 Å². The van der Waals surface area contributed by atoms with Gasteiger partial charge >= 0.3 is 0 Å². The zero-order chi connectivity index (χ0) is 11.5. The van der Waals surface area contributed by atoms with Crippen LogP contribution in [0.5, 0.6) is 0 Å². The Kier molecular flexibility index (Phi) is 2.87. The van der Waals surface area contributed by atoms with E-state index in [0.29, 0.717) is 5.58 Å². The highest BCUT2D eigenvalue weighted by Gasteiger charge is 2.12. The van der Waals surface area contributed by atoms with Crippen LogP contribution in [0.1, 0.15) is 18.5 Å². The number of aliphatic hydroxyl groups excluding tert-OH is 1. The lowest BCUT2D eigenvalue weighted by molar-refractivity contribution is -0.120. The van der Waals surface area contributed by atoms with Gasteiger partial charge in [-0.15, -0.1) is 0 Å². The van der Waals surface area contributed by atoms with Gasteiger partial charge < -0.3 is 14.8 Å². The van der Waals surface area contributed by atoms with Gasteiger partial charge in [-0.25, -0.2) is 4.98 Å². The van der Waals surface area contributed by atoms with E-state index in [2.05, 4.69) is 10.3 Å². The maximum Gasteiger partial charge on any atom is 0.217 e. The number of fused-ring (bicyclic) bond motifs is 1. The Morgan fingerprint density at radius 3 is 3.12 bits per heavy atom. The third-order valence-corrected chi connectivity index (χ3v) is 2.32. The average Bonchev–Trinajstić information content (AvgIpc) is 2.72. The van der Waals surface area contributed by atoms with Crippen molar-refractivity contribution in [1.29, 1.82) is 0 Å². The van der Waals surface area contributed by atoms with Gasteiger partial charge in [0.05, 0.1) is 12.6 Å². The highest BCUT2D eigenvalue weighted by molar-refractivity contribution is 5.75. The number of aromatic nitrogens is 1. The van der Waals surface area contributed by atoms with Gasteiger partial charge in [-0.05, 0) is 17.7 Å². The molecule has 1 aromatic carbocycles. The summed E-state index contributed by atoms with van der Waals surface area (Å²) in [6.07, 6.45) is 1.36. The first-order valence-corrected chi connectivity index (χ1v) is 4.92. The molecule has 1 atom stereocenters. The summed E-state index contributed by atoms with van der Waals surface area (Å²) in [5.74, 6) is -0.184. The molecule has 0 aliphatic carbocycles. The predicted octanol–water partition coefficient (Wildman–Crippen LogP) is 0.997. The predicted molar refractivity (Wildman–Crippen MR) is 57.7 cm³/mol. The molecule has 0 fully saturated rings. The first-order chi connectivity index (χ1) is 7.70. The summed E-state index contributed by atoms with van der Waals surface area (Å²) < 4.78 is 5.15. The van der Waals surface area contributed by atoms with Crippen molar-refractivity contribution < 1.29 is 14.3 Å². The third-order valence-electron chi connectivity index (χ3n) is 2.32. The molecule has 0 aliphatic heterocycles. The quantitative estimate of drug-likeness (QED) is 0.809. The number of carbonyl (C=O) groups excluding carboxylic acids is 1. The standard InChI is InChI=1S/C11H12N2O3/c1-7(15)13-10(5-14)8-2-3-9-11(4-8)16-6-12-9/h2-4,6,10,14H,5H2,1H3,(H,13,15). The molecule has 1 unspecified atom stereocenters. The van der Waals surface area contributed by atoms with Crippen LogP contribution >= 0.6 is 0 Å². The number of hydrogen-bond donors (Lipinski definition) is 2. The number of benzene rings is 1. The Morgan fingerprint density at radius 1 is 1.62 bits per heavy atom. The Bertz CT molecular complexity index is 507. The molecule has 0 bridgehead atoms. The van der Waals surface area contributed by atoms with E-state index < -0.39 is 6.04 Å². The second-order valence-electron chi connectivity index (χ2n) is 3.52. The first-order valence-electron chi connectivity index (χ1n) is 4.92. The lowest BCUT2D eigenvalue weighted by atomic mass is 10.1. The van der Waals surface area contributed by atoms with Crippen molar-refractivity contribution in [3.05, 3.63) is 30.2 Å². The van der Waals surface area contributed by atoms with Gasteiger partial charge in [-0.1, -0.05) is 6.07 Å². The number of carbonyl (C=O) groups is 1. The van der Waals surface area contributed by atoms with E-state index in [1.807, 2.05) is 6.07 Å². The van der Waals surface area contributed by atoms with Crippen molar-refractivity contribution in [1.82, 2.24) is 10.3 Å². The van der Waals surface area contributed by atoms with Gasteiger partial charge in [-0.3, -0.25) is 4.79 Å². The highest BCUT2D eigenvalue weighted by atomic mass is 16.3. The molecule has 16 heavy (non-hydrogen) atoms. The van der Waals surface area contributed by atoms with Gasteiger partial charge in [0.2, 0.25) is 5.91 Å². The minimum atomic E-state index is -0.410. The van der Waals surface area contributed by atoms with E-state index >= 15 is 0 Å². The maximum absolute atomic E-state index is 10.9. The fraction of sp³-hybridized carbons (Fsp3) is 0.273. The van der Waals surface area contributed by atoms with Crippen molar-refractivity contribution in [2.75, 3.05) is 6.61 Å². The van der Waals surface area contributed by atoms with E-state index in [-0.39, 0.29) is 12.5 Å². The molecule has 5 heteroatoms. The molecule has 2 rings (SSSR count). The van der Waals surface area contributed by atoms with Crippen LogP contribution in [0.2, 0.25) is 0 Å². The van der Waals surface area contributed by atoms with Crippen LogP contribution in [-0.4, -0.2) is 22.6 Å². The molecule has 0 spiro atoms. The molecule has 1 aromatic heterocycles. The second kappa shape index (κ2) is 4.32. The zero-order valence-corrected chi connectivity index (χ0v) is 8.80. The topological polar surface area (TPSA) is 75.4 Å². The molecule has 1 heterocycles. The Morgan fingerprint density at radius 2 is 2.44 bits per heavy atom.